The lowest BCUT2D eigenvalue weighted by atomic mass is 10.1. The van der Waals surface area contributed by atoms with Crippen molar-refractivity contribution in [1.82, 2.24) is 15.4 Å². The average molecular weight is 411 g/mol. The number of benzene rings is 1. The highest BCUT2D eigenvalue weighted by molar-refractivity contribution is 5.92. The summed E-state index contributed by atoms with van der Waals surface area (Å²) in [6.07, 6.45) is -2.08. The monoisotopic (exact) mass is 411 g/mol. The number of hydrogen-bond acceptors (Lipinski definition) is 5. The van der Waals surface area contributed by atoms with Gasteiger partial charge in [-0.3, -0.25) is 9.59 Å². The third kappa shape index (κ3) is 5.72. The van der Waals surface area contributed by atoms with Crippen LogP contribution >= 0.6 is 0 Å². The number of amides is 2. The van der Waals surface area contributed by atoms with Gasteiger partial charge in [-0.1, -0.05) is 11.2 Å². The van der Waals surface area contributed by atoms with Gasteiger partial charge in [-0.05, 0) is 31.0 Å². The second kappa shape index (κ2) is 8.97. The molecule has 10 heteroatoms. The van der Waals surface area contributed by atoms with Crippen LogP contribution in [0.1, 0.15) is 41.1 Å². The number of ether oxygens (including phenoxy) is 1. The van der Waals surface area contributed by atoms with Crippen LogP contribution in [-0.4, -0.2) is 41.5 Å². The zero-order valence-electron chi connectivity index (χ0n) is 15.5. The van der Waals surface area contributed by atoms with Crippen molar-refractivity contribution in [3.8, 4) is 5.75 Å². The van der Waals surface area contributed by atoms with Gasteiger partial charge in [0, 0.05) is 32.1 Å². The van der Waals surface area contributed by atoms with Crippen molar-refractivity contribution >= 4 is 11.8 Å². The van der Waals surface area contributed by atoms with Crippen LogP contribution < -0.4 is 10.1 Å². The Labute approximate surface area is 164 Å². The molecule has 1 aromatic carbocycles. The molecule has 0 spiro atoms. The van der Waals surface area contributed by atoms with E-state index in [9.17, 15) is 22.8 Å². The Hall–Kier alpha value is -3.04. The van der Waals surface area contributed by atoms with E-state index in [1.807, 2.05) is 0 Å². The maximum absolute atomic E-state index is 12.7. The smallest absolute Gasteiger partial charge is 0.416 e. The zero-order chi connectivity index (χ0) is 20.9. The van der Waals surface area contributed by atoms with E-state index < -0.39 is 17.6 Å². The Balaban J connectivity index is 1.47. The van der Waals surface area contributed by atoms with Crippen LogP contribution in [0.2, 0.25) is 0 Å². The third-order valence-electron chi connectivity index (χ3n) is 4.42. The van der Waals surface area contributed by atoms with Gasteiger partial charge >= 0.3 is 6.18 Å². The van der Waals surface area contributed by atoms with E-state index in [0.29, 0.717) is 19.5 Å². The third-order valence-corrected chi connectivity index (χ3v) is 4.42. The fraction of sp³-hybridized carbons (Fsp3) is 0.421. The minimum absolute atomic E-state index is 0.0217. The SMILES string of the molecule is O=C(NCCN1CCCCC1=O)c1cc(COc2cccc(C(F)(F)F)c2)on1. The Kier molecular flexibility index (Phi) is 6.40. The van der Waals surface area contributed by atoms with Crippen molar-refractivity contribution in [3.63, 3.8) is 0 Å². The normalized spacial score (nSPS) is 14.7. The second-order valence-electron chi connectivity index (χ2n) is 6.59. The van der Waals surface area contributed by atoms with Gasteiger partial charge in [-0.15, -0.1) is 0 Å². The van der Waals surface area contributed by atoms with E-state index >= 15 is 0 Å². The molecular weight excluding hydrogens is 391 g/mol. The minimum atomic E-state index is -4.46. The fourth-order valence-electron chi connectivity index (χ4n) is 2.90. The highest BCUT2D eigenvalue weighted by Gasteiger charge is 2.30. The van der Waals surface area contributed by atoms with Gasteiger partial charge in [-0.25, -0.2) is 0 Å². The van der Waals surface area contributed by atoms with Gasteiger partial charge in [0.1, 0.15) is 12.4 Å². The first-order chi connectivity index (χ1) is 13.8. The molecule has 0 aliphatic carbocycles. The molecule has 7 nitrogen and oxygen atoms in total. The molecule has 1 N–H and O–H groups in total. The van der Waals surface area contributed by atoms with E-state index in [1.54, 1.807) is 4.90 Å². The van der Waals surface area contributed by atoms with Crippen molar-refractivity contribution in [3.05, 3.63) is 47.3 Å². The molecular formula is C19H20F3N3O4. The fourth-order valence-corrected chi connectivity index (χ4v) is 2.90. The number of likely N-dealkylation sites (tertiary alicyclic amines) is 1. The van der Waals surface area contributed by atoms with Crippen LogP contribution in [0.3, 0.4) is 0 Å². The summed E-state index contributed by atoms with van der Waals surface area (Å²) in [6, 6.07) is 5.81. The highest BCUT2D eigenvalue weighted by atomic mass is 19.4. The number of carbonyl (C=O) groups excluding carboxylic acids is 2. The molecule has 0 saturated carbocycles. The first-order valence-electron chi connectivity index (χ1n) is 9.14. The topological polar surface area (TPSA) is 84.7 Å². The summed E-state index contributed by atoms with van der Waals surface area (Å²) in [5, 5.41) is 6.29. The summed E-state index contributed by atoms with van der Waals surface area (Å²) >= 11 is 0. The van der Waals surface area contributed by atoms with Crippen molar-refractivity contribution < 1.29 is 32.0 Å². The van der Waals surface area contributed by atoms with Gasteiger partial charge in [0.2, 0.25) is 5.91 Å². The molecule has 2 aromatic rings. The quantitative estimate of drug-likeness (QED) is 0.757. The summed E-state index contributed by atoms with van der Waals surface area (Å²) in [5.41, 5.74) is -0.794. The number of nitrogens with one attached hydrogen (secondary N) is 1. The molecule has 0 bridgehead atoms. The molecule has 0 radical (unpaired) electrons. The lowest BCUT2D eigenvalue weighted by Gasteiger charge is -2.26. The first kappa shape index (κ1) is 20.7. The van der Waals surface area contributed by atoms with Gasteiger partial charge in [0.15, 0.2) is 11.5 Å². The van der Waals surface area contributed by atoms with E-state index in [-0.39, 0.29) is 36.3 Å². The number of alkyl halides is 3. The van der Waals surface area contributed by atoms with Crippen LogP contribution in [-0.2, 0) is 17.6 Å². The number of carbonyl (C=O) groups is 2. The van der Waals surface area contributed by atoms with Crippen LogP contribution in [0, 0.1) is 0 Å². The van der Waals surface area contributed by atoms with Gasteiger partial charge < -0.3 is 19.5 Å². The van der Waals surface area contributed by atoms with Crippen molar-refractivity contribution in [1.29, 1.82) is 0 Å². The minimum Gasteiger partial charge on any atom is -0.486 e. The molecule has 1 fully saturated rings. The van der Waals surface area contributed by atoms with Crippen LogP contribution in [0.4, 0.5) is 13.2 Å². The van der Waals surface area contributed by atoms with Crippen molar-refractivity contribution in [2.75, 3.05) is 19.6 Å². The molecule has 1 aliphatic heterocycles. The predicted molar refractivity (Wildman–Crippen MR) is 95.0 cm³/mol. The Morgan fingerprint density at radius 1 is 1.28 bits per heavy atom. The van der Waals surface area contributed by atoms with Crippen molar-refractivity contribution in [2.45, 2.75) is 32.0 Å². The summed E-state index contributed by atoms with van der Waals surface area (Å²) in [6.45, 7) is 1.22. The zero-order valence-corrected chi connectivity index (χ0v) is 15.5. The summed E-state index contributed by atoms with van der Waals surface area (Å²) in [7, 11) is 0. The second-order valence-corrected chi connectivity index (χ2v) is 6.59. The standard InChI is InChI=1S/C19H20F3N3O4/c20-19(21,22)13-4-3-5-14(10-13)28-12-15-11-16(24-29-15)18(27)23-7-9-25-8-2-1-6-17(25)26/h3-5,10-11H,1-2,6-9,12H2,(H,23,27). The molecule has 2 amide bonds. The molecule has 29 heavy (non-hydrogen) atoms. The number of piperidine rings is 1. The van der Waals surface area contributed by atoms with Gasteiger partial charge in [0.25, 0.3) is 5.91 Å². The van der Waals surface area contributed by atoms with Crippen LogP contribution in [0.25, 0.3) is 0 Å². The lowest BCUT2D eigenvalue weighted by Crippen LogP contribution is -2.41. The van der Waals surface area contributed by atoms with Crippen LogP contribution in [0.5, 0.6) is 5.75 Å². The maximum atomic E-state index is 12.7. The van der Waals surface area contributed by atoms with Crippen LogP contribution in [0.15, 0.2) is 34.9 Å². The summed E-state index contributed by atoms with van der Waals surface area (Å²) < 4.78 is 48.4. The number of hydrogen-bond donors (Lipinski definition) is 1. The Bertz CT molecular complexity index is 866. The molecule has 1 saturated heterocycles. The molecule has 1 aromatic heterocycles. The lowest BCUT2D eigenvalue weighted by molar-refractivity contribution is -0.137. The van der Waals surface area contributed by atoms with Crippen molar-refractivity contribution in [2.24, 2.45) is 0 Å². The summed E-state index contributed by atoms with van der Waals surface area (Å²) in [4.78, 5) is 25.5. The average Bonchev–Trinajstić information content (AvgIpc) is 3.16. The van der Waals surface area contributed by atoms with E-state index in [2.05, 4.69) is 10.5 Å². The molecule has 2 heterocycles. The number of rotatable bonds is 7. The van der Waals surface area contributed by atoms with E-state index in [0.717, 1.165) is 25.0 Å². The number of aromatic nitrogens is 1. The van der Waals surface area contributed by atoms with Gasteiger partial charge in [0.05, 0.1) is 5.56 Å². The Morgan fingerprint density at radius 3 is 2.86 bits per heavy atom. The maximum Gasteiger partial charge on any atom is 0.416 e. The highest BCUT2D eigenvalue weighted by Crippen LogP contribution is 2.31. The number of nitrogens with zero attached hydrogens (tertiary/aromatic N) is 2. The Morgan fingerprint density at radius 2 is 2.10 bits per heavy atom. The molecule has 1 aliphatic rings. The van der Waals surface area contributed by atoms with E-state index in [4.69, 9.17) is 9.26 Å². The predicted octanol–water partition coefficient (Wildman–Crippen LogP) is 3.01. The molecule has 0 unspecified atom stereocenters. The number of halogens is 3. The first-order valence-corrected chi connectivity index (χ1v) is 9.14. The largest absolute Gasteiger partial charge is 0.486 e. The van der Waals surface area contributed by atoms with E-state index in [1.165, 1.54) is 18.2 Å². The molecule has 156 valence electrons. The summed E-state index contributed by atoms with van der Waals surface area (Å²) in [5.74, 6) is -0.170. The van der Waals surface area contributed by atoms with Gasteiger partial charge in [-0.2, -0.15) is 13.2 Å². The molecule has 3 rings (SSSR count). The molecule has 0 atom stereocenters.